The summed E-state index contributed by atoms with van der Waals surface area (Å²) >= 11 is 0. The average Bonchev–Trinajstić information content (AvgIpc) is 2.47. The van der Waals surface area contributed by atoms with E-state index in [-0.39, 0.29) is 11.8 Å². The fourth-order valence-electron chi connectivity index (χ4n) is 2.16. The van der Waals surface area contributed by atoms with Crippen molar-refractivity contribution in [2.75, 3.05) is 0 Å². The van der Waals surface area contributed by atoms with Crippen molar-refractivity contribution in [1.82, 2.24) is 19.9 Å². The molecule has 0 saturated heterocycles. The molecule has 100 valence electrons. The van der Waals surface area contributed by atoms with Crippen LogP contribution < -0.4 is 0 Å². The maximum atomic E-state index is 10.2. The van der Waals surface area contributed by atoms with Crippen molar-refractivity contribution in [1.29, 1.82) is 0 Å². The minimum Gasteiger partial charge on any atom is -0.493 e. The van der Waals surface area contributed by atoms with Crippen LogP contribution in [0.1, 0.15) is 25.3 Å². The standard InChI is InChI=1S/C15H14N4O/c1-9(2)11-7-17-8-12-13(11)15(20)19-14(18-12)10-3-5-16-6-4-10/h3-9H,1-2H3,(H,18,19,20). The van der Waals surface area contributed by atoms with Gasteiger partial charge in [0.05, 0.1) is 17.1 Å². The first-order chi connectivity index (χ1) is 9.66. The maximum Gasteiger partial charge on any atom is 0.222 e. The molecular formula is C15H14N4O. The SMILES string of the molecule is CC(C)c1cncc2nc(-c3ccncc3)nc(O)c12. The van der Waals surface area contributed by atoms with E-state index in [1.54, 1.807) is 36.9 Å². The molecule has 0 unspecified atom stereocenters. The van der Waals surface area contributed by atoms with E-state index in [9.17, 15) is 5.11 Å². The molecule has 0 aliphatic rings. The number of pyridine rings is 2. The van der Waals surface area contributed by atoms with Gasteiger partial charge in [0.25, 0.3) is 0 Å². The highest BCUT2D eigenvalue weighted by molar-refractivity contribution is 5.87. The first kappa shape index (κ1) is 12.5. The third-order valence-corrected chi connectivity index (χ3v) is 3.18. The van der Waals surface area contributed by atoms with Gasteiger partial charge in [-0.1, -0.05) is 13.8 Å². The topological polar surface area (TPSA) is 71.8 Å². The van der Waals surface area contributed by atoms with Crippen molar-refractivity contribution in [3.8, 4) is 17.3 Å². The van der Waals surface area contributed by atoms with Crippen molar-refractivity contribution < 1.29 is 5.11 Å². The summed E-state index contributed by atoms with van der Waals surface area (Å²) in [6, 6.07) is 3.61. The summed E-state index contributed by atoms with van der Waals surface area (Å²) in [6.07, 6.45) is 6.74. The van der Waals surface area contributed by atoms with Gasteiger partial charge in [-0.25, -0.2) is 4.98 Å². The Labute approximate surface area is 116 Å². The van der Waals surface area contributed by atoms with Crippen LogP contribution in [-0.4, -0.2) is 25.0 Å². The predicted octanol–water partition coefficient (Wildman–Crippen LogP) is 2.92. The van der Waals surface area contributed by atoms with E-state index in [0.29, 0.717) is 16.7 Å². The summed E-state index contributed by atoms with van der Waals surface area (Å²) < 4.78 is 0. The van der Waals surface area contributed by atoms with E-state index >= 15 is 0 Å². The van der Waals surface area contributed by atoms with Gasteiger partial charge in [0.1, 0.15) is 0 Å². The molecule has 0 atom stereocenters. The third-order valence-electron chi connectivity index (χ3n) is 3.18. The molecule has 3 rings (SSSR count). The van der Waals surface area contributed by atoms with Gasteiger partial charge in [0.15, 0.2) is 5.82 Å². The smallest absolute Gasteiger partial charge is 0.222 e. The van der Waals surface area contributed by atoms with Crippen LogP contribution in [0.15, 0.2) is 36.9 Å². The fourth-order valence-corrected chi connectivity index (χ4v) is 2.16. The van der Waals surface area contributed by atoms with E-state index < -0.39 is 0 Å². The normalized spacial score (nSPS) is 11.2. The summed E-state index contributed by atoms with van der Waals surface area (Å²) in [5.74, 6) is 0.709. The zero-order valence-corrected chi connectivity index (χ0v) is 11.3. The minimum absolute atomic E-state index is 0.00656. The minimum atomic E-state index is -0.00656. The molecule has 3 aromatic heterocycles. The first-order valence-corrected chi connectivity index (χ1v) is 6.42. The maximum absolute atomic E-state index is 10.2. The lowest BCUT2D eigenvalue weighted by atomic mass is 10.0. The summed E-state index contributed by atoms with van der Waals surface area (Å²) in [6.45, 7) is 4.10. The number of rotatable bonds is 2. The van der Waals surface area contributed by atoms with Crippen LogP contribution in [0.3, 0.4) is 0 Å². The van der Waals surface area contributed by atoms with Gasteiger partial charge in [0.2, 0.25) is 5.88 Å². The van der Waals surface area contributed by atoms with Crippen LogP contribution in [0.2, 0.25) is 0 Å². The molecule has 1 N–H and O–H groups in total. The molecular weight excluding hydrogens is 252 g/mol. The third kappa shape index (κ3) is 2.07. The highest BCUT2D eigenvalue weighted by atomic mass is 16.3. The van der Waals surface area contributed by atoms with Crippen LogP contribution in [0, 0.1) is 0 Å². The van der Waals surface area contributed by atoms with Crippen molar-refractivity contribution in [3.05, 3.63) is 42.5 Å². The van der Waals surface area contributed by atoms with E-state index in [2.05, 4.69) is 19.9 Å². The zero-order chi connectivity index (χ0) is 14.1. The molecule has 20 heavy (non-hydrogen) atoms. The lowest BCUT2D eigenvalue weighted by Gasteiger charge is -2.10. The van der Waals surface area contributed by atoms with Crippen LogP contribution in [0.25, 0.3) is 22.3 Å². The van der Waals surface area contributed by atoms with Crippen LogP contribution in [-0.2, 0) is 0 Å². The van der Waals surface area contributed by atoms with Crippen molar-refractivity contribution in [2.45, 2.75) is 19.8 Å². The van der Waals surface area contributed by atoms with Gasteiger partial charge in [-0.05, 0) is 23.6 Å². The van der Waals surface area contributed by atoms with Gasteiger partial charge >= 0.3 is 0 Å². The Bertz CT molecular complexity index is 756. The zero-order valence-electron chi connectivity index (χ0n) is 11.3. The molecule has 3 aromatic rings. The molecule has 5 heteroatoms. The molecule has 0 fully saturated rings. The first-order valence-electron chi connectivity index (χ1n) is 6.42. The Kier molecular flexibility index (Phi) is 3.02. The van der Waals surface area contributed by atoms with Gasteiger partial charge in [0, 0.05) is 24.2 Å². The molecule has 3 heterocycles. The van der Waals surface area contributed by atoms with Gasteiger partial charge < -0.3 is 5.11 Å². The van der Waals surface area contributed by atoms with Crippen molar-refractivity contribution in [2.24, 2.45) is 0 Å². The summed E-state index contributed by atoms with van der Waals surface area (Å²) in [7, 11) is 0. The molecule has 0 radical (unpaired) electrons. The number of nitrogens with zero attached hydrogens (tertiary/aromatic N) is 4. The molecule has 0 aromatic carbocycles. The van der Waals surface area contributed by atoms with Gasteiger partial charge in [-0.2, -0.15) is 4.98 Å². The van der Waals surface area contributed by atoms with Crippen LogP contribution >= 0.6 is 0 Å². The molecule has 0 aliphatic carbocycles. The van der Waals surface area contributed by atoms with Gasteiger partial charge in [-0.15, -0.1) is 0 Å². The summed E-state index contributed by atoms with van der Waals surface area (Å²) in [4.78, 5) is 16.9. The number of aromatic hydroxyl groups is 1. The molecule has 0 spiro atoms. The van der Waals surface area contributed by atoms with E-state index in [4.69, 9.17) is 0 Å². The van der Waals surface area contributed by atoms with Crippen LogP contribution in [0.5, 0.6) is 5.88 Å². The number of hydrogen-bond donors (Lipinski definition) is 1. The number of fused-ring (bicyclic) bond motifs is 1. The summed E-state index contributed by atoms with van der Waals surface area (Å²) in [5, 5.41) is 10.9. The highest BCUT2D eigenvalue weighted by Gasteiger charge is 2.14. The Morgan fingerprint density at radius 1 is 1.00 bits per heavy atom. The van der Waals surface area contributed by atoms with E-state index in [0.717, 1.165) is 11.1 Å². The van der Waals surface area contributed by atoms with Crippen LogP contribution in [0.4, 0.5) is 0 Å². The molecule has 0 bridgehead atoms. The molecule has 5 nitrogen and oxygen atoms in total. The second kappa shape index (κ2) is 4.85. The second-order valence-corrected chi connectivity index (χ2v) is 4.88. The Balaban J connectivity index is 2.26. The summed E-state index contributed by atoms with van der Waals surface area (Å²) in [5.41, 5.74) is 2.41. The fraction of sp³-hybridized carbons (Fsp3) is 0.200. The predicted molar refractivity (Wildman–Crippen MR) is 76.3 cm³/mol. The molecule has 0 amide bonds. The Morgan fingerprint density at radius 2 is 1.75 bits per heavy atom. The molecule has 0 aliphatic heterocycles. The van der Waals surface area contributed by atoms with Crippen molar-refractivity contribution >= 4 is 10.9 Å². The average molecular weight is 266 g/mol. The van der Waals surface area contributed by atoms with E-state index in [1.165, 1.54) is 0 Å². The molecule has 0 saturated carbocycles. The lowest BCUT2D eigenvalue weighted by Crippen LogP contribution is -1.97. The Hall–Kier alpha value is -2.56. The largest absolute Gasteiger partial charge is 0.493 e. The second-order valence-electron chi connectivity index (χ2n) is 4.88. The highest BCUT2D eigenvalue weighted by Crippen LogP contribution is 2.31. The van der Waals surface area contributed by atoms with Gasteiger partial charge in [-0.3, -0.25) is 9.97 Å². The monoisotopic (exact) mass is 266 g/mol. The van der Waals surface area contributed by atoms with E-state index in [1.807, 2.05) is 13.8 Å². The number of aromatic nitrogens is 4. The number of hydrogen-bond acceptors (Lipinski definition) is 5. The lowest BCUT2D eigenvalue weighted by molar-refractivity contribution is 0.459. The van der Waals surface area contributed by atoms with Crippen molar-refractivity contribution in [3.63, 3.8) is 0 Å². The quantitative estimate of drug-likeness (QED) is 0.772. The Morgan fingerprint density at radius 3 is 2.45 bits per heavy atom.